The molecule has 0 saturated heterocycles. The van der Waals surface area contributed by atoms with Gasteiger partial charge in [-0.2, -0.15) is 13.2 Å². The zero-order chi connectivity index (χ0) is 7.49. The summed E-state index contributed by atoms with van der Waals surface area (Å²) in [6.45, 7) is 1.82. The van der Waals surface area contributed by atoms with Gasteiger partial charge in [0.15, 0.2) is 0 Å². The minimum Gasteiger partial charge on any atom is -0.335 e. The van der Waals surface area contributed by atoms with Crippen LogP contribution in [0.1, 0.15) is 6.92 Å². The van der Waals surface area contributed by atoms with E-state index in [1.54, 1.807) is 0 Å². The third-order valence-corrected chi connectivity index (χ3v) is 0.513. The van der Waals surface area contributed by atoms with Crippen LogP contribution in [0.15, 0.2) is 0 Å². The molecular weight excluding hydrogens is 140 g/mol. The highest BCUT2D eigenvalue weighted by molar-refractivity contribution is 4.54. The van der Waals surface area contributed by atoms with Crippen molar-refractivity contribution in [3.63, 3.8) is 0 Å². The molecular formula is C4H5F4O. The Morgan fingerprint density at radius 1 is 1.44 bits per heavy atom. The molecule has 0 aromatic heterocycles. The molecule has 0 bridgehead atoms. The third kappa shape index (κ3) is 3.29. The molecule has 0 aromatic carbocycles. The summed E-state index contributed by atoms with van der Waals surface area (Å²) in [6.07, 6.45) is -8.10. The Morgan fingerprint density at radius 3 is 2.00 bits per heavy atom. The Hall–Kier alpha value is -0.320. The second-order valence-electron chi connectivity index (χ2n) is 1.23. The van der Waals surface area contributed by atoms with E-state index in [1.165, 1.54) is 6.92 Å². The molecule has 1 nitrogen and oxygen atoms in total. The van der Waals surface area contributed by atoms with E-state index in [4.69, 9.17) is 0 Å². The van der Waals surface area contributed by atoms with Gasteiger partial charge in [0.25, 0.3) is 6.36 Å². The van der Waals surface area contributed by atoms with Crippen LogP contribution in [-0.4, -0.2) is 12.5 Å². The van der Waals surface area contributed by atoms with E-state index in [-0.39, 0.29) is 0 Å². The number of ether oxygens (including phenoxy) is 1. The molecule has 5 heteroatoms. The van der Waals surface area contributed by atoms with Gasteiger partial charge in [-0.25, -0.2) is 4.39 Å². The lowest BCUT2D eigenvalue weighted by Crippen LogP contribution is -2.25. The lowest BCUT2D eigenvalue weighted by molar-refractivity contribution is -0.254. The van der Waals surface area contributed by atoms with Crippen molar-refractivity contribution in [2.45, 2.75) is 19.5 Å². The van der Waals surface area contributed by atoms with Crippen molar-refractivity contribution < 1.29 is 22.3 Å². The standard InChI is InChI=1S/C4H5F4O/c1-2-9-3(5)4(6,7)8/h2-3H,1H3. The maximum Gasteiger partial charge on any atom is 0.445 e. The second kappa shape index (κ2) is 3.00. The molecule has 0 amide bonds. The van der Waals surface area contributed by atoms with Crippen molar-refractivity contribution in [3.05, 3.63) is 6.61 Å². The minimum absolute atomic E-state index is 0.651. The highest BCUT2D eigenvalue weighted by Gasteiger charge is 2.40. The van der Waals surface area contributed by atoms with Crippen molar-refractivity contribution in [3.8, 4) is 0 Å². The first-order chi connectivity index (χ1) is 3.98. The molecule has 9 heavy (non-hydrogen) atoms. The first-order valence-corrected chi connectivity index (χ1v) is 2.12. The Bertz CT molecular complexity index is 79.1. The lowest BCUT2D eigenvalue weighted by atomic mass is 10.6. The molecule has 0 N–H and O–H groups in total. The molecule has 0 aliphatic rings. The van der Waals surface area contributed by atoms with E-state index >= 15 is 0 Å². The zero-order valence-electron chi connectivity index (χ0n) is 4.57. The van der Waals surface area contributed by atoms with Crippen LogP contribution < -0.4 is 0 Å². The fourth-order valence-corrected chi connectivity index (χ4v) is 0.197. The Morgan fingerprint density at radius 2 is 1.89 bits per heavy atom. The normalized spacial score (nSPS) is 15.7. The first kappa shape index (κ1) is 8.68. The van der Waals surface area contributed by atoms with E-state index in [2.05, 4.69) is 4.74 Å². The maximum absolute atomic E-state index is 11.5. The average molecular weight is 145 g/mol. The Balaban J connectivity index is 3.59. The highest BCUT2D eigenvalue weighted by Crippen LogP contribution is 2.23. The maximum atomic E-state index is 11.5. The van der Waals surface area contributed by atoms with Gasteiger partial charge < -0.3 is 4.74 Å². The predicted molar refractivity (Wildman–Crippen MR) is 22.0 cm³/mol. The fraction of sp³-hybridized carbons (Fsp3) is 0.750. The van der Waals surface area contributed by atoms with Crippen molar-refractivity contribution in [2.24, 2.45) is 0 Å². The van der Waals surface area contributed by atoms with Crippen molar-refractivity contribution in [2.75, 3.05) is 0 Å². The van der Waals surface area contributed by atoms with Gasteiger partial charge in [-0.3, -0.25) is 0 Å². The highest BCUT2D eigenvalue weighted by atomic mass is 19.4. The molecule has 55 valence electrons. The van der Waals surface area contributed by atoms with Crippen LogP contribution in [0.5, 0.6) is 0 Å². The fourth-order valence-electron chi connectivity index (χ4n) is 0.197. The SMILES string of the molecule is C[CH]OC(F)C(F)(F)F. The average Bonchev–Trinajstić information content (AvgIpc) is 1.64. The van der Waals surface area contributed by atoms with Gasteiger partial charge in [-0.15, -0.1) is 0 Å². The quantitative estimate of drug-likeness (QED) is 0.540. The summed E-state index contributed by atoms with van der Waals surface area (Å²) < 4.78 is 48.4. The molecule has 0 spiro atoms. The molecule has 0 rings (SSSR count). The van der Waals surface area contributed by atoms with Gasteiger partial charge in [0, 0.05) is 0 Å². The summed E-state index contributed by atoms with van der Waals surface area (Å²) in [6, 6.07) is 0. The van der Waals surface area contributed by atoms with Crippen molar-refractivity contribution in [1.29, 1.82) is 0 Å². The van der Waals surface area contributed by atoms with Gasteiger partial charge in [-0.1, -0.05) is 0 Å². The van der Waals surface area contributed by atoms with E-state index in [9.17, 15) is 17.6 Å². The number of alkyl halides is 4. The molecule has 0 aliphatic carbocycles. The Kier molecular flexibility index (Phi) is 2.90. The van der Waals surface area contributed by atoms with Crippen LogP contribution in [-0.2, 0) is 4.74 Å². The van der Waals surface area contributed by atoms with Crippen LogP contribution >= 0.6 is 0 Å². The van der Waals surface area contributed by atoms with Crippen molar-refractivity contribution in [1.82, 2.24) is 0 Å². The number of hydrogen-bond donors (Lipinski definition) is 0. The van der Waals surface area contributed by atoms with Crippen LogP contribution in [0.3, 0.4) is 0 Å². The van der Waals surface area contributed by atoms with Crippen molar-refractivity contribution >= 4 is 0 Å². The zero-order valence-corrected chi connectivity index (χ0v) is 4.57. The number of rotatable bonds is 2. The lowest BCUT2D eigenvalue weighted by Gasteiger charge is -2.10. The number of halogens is 4. The van der Waals surface area contributed by atoms with E-state index < -0.39 is 12.5 Å². The molecule has 0 aromatic rings. The molecule has 1 atom stereocenters. The van der Waals surface area contributed by atoms with E-state index in [0.29, 0.717) is 6.61 Å². The van der Waals surface area contributed by atoms with Crippen LogP contribution in [0.4, 0.5) is 17.6 Å². The number of hydrogen-bond acceptors (Lipinski definition) is 1. The van der Waals surface area contributed by atoms with Gasteiger partial charge in [0.05, 0.1) is 6.61 Å². The molecule has 1 unspecified atom stereocenters. The van der Waals surface area contributed by atoms with Gasteiger partial charge in [0.2, 0.25) is 0 Å². The molecule has 0 fully saturated rings. The summed E-state index contributed by atoms with van der Waals surface area (Å²) in [5, 5.41) is 0. The predicted octanol–water partition coefficient (Wildman–Crippen LogP) is 2.04. The minimum atomic E-state index is -4.91. The summed E-state index contributed by atoms with van der Waals surface area (Å²) in [4.78, 5) is 0. The van der Waals surface area contributed by atoms with Gasteiger partial charge in [-0.05, 0) is 6.92 Å². The van der Waals surface area contributed by atoms with Crippen LogP contribution in [0.2, 0.25) is 0 Å². The Labute approximate surface area is 49.6 Å². The first-order valence-electron chi connectivity index (χ1n) is 2.12. The van der Waals surface area contributed by atoms with Crippen LogP contribution in [0.25, 0.3) is 0 Å². The van der Waals surface area contributed by atoms with Crippen LogP contribution in [0, 0.1) is 6.61 Å². The molecule has 1 radical (unpaired) electrons. The summed E-state index contributed by atoms with van der Waals surface area (Å²) >= 11 is 0. The summed E-state index contributed by atoms with van der Waals surface area (Å²) in [5.41, 5.74) is 0. The monoisotopic (exact) mass is 145 g/mol. The van der Waals surface area contributed by atoms with E-state index in [1.807, 2.05) is 0 Å². The second-order valence-corrected chi connectivity index (χ2v) is 1.23. The molecule has 0 saturated carbocycles. The molecule has 0 aliphatic heterocycles. The van der Waals surface area contributed by atoms with Gasteiger partial charge >= 0.3 is 6.18 Å². The van der Waals surface area contributed by atoms with Gasteiger partial charge in [0.1, 0.15) is 0 Å². The smallest absolute Gasteiger partial charge is 0.335 e. The third-order valence-electron chi connectivity index (χ3n) is 0.513. The largest absolute Gasteiger partial charge is 0.445 e. The summed E-state index contributed by atoms with van der Waals surface area (Å²) in [5.74, 6) is 0. The molecule has 0 heterocycles. The van der Waals surface area contributed by atoms with E-state index in [0.717, 1.165) is 0 Å². The summed E-state index contributed by atoms with van der Waals surface area (Å²) in [7, 11) is 0. The topological polar surface area (TPSA) is 9.23 Å².